The molecule has 4 aromatic rings. The van der Waals surface area contributed by atoms with Crippen LogP contribution in [-0.2, 0) is 4.74 Å². The Kier molecular flexibility index (Phi) is 19.2. The number of hydrogen-bond acceptors (Lipinski definition) is 8. The largest absolute Gasteiger partial charge is 0.501 e. The van der Waals surface area contributed by atoms with Crippen molar-refractivity contribution in [2.45, 2.75) is 103 Å². The van der Waals surface area contributed by atoms with Gasteiger partial charge in [-0.1, -0.05) is 126 Å². The standard InChI is InChI=1S/C46H58N2O7/c1-2-3-4-5-12-19-33-54-45-36-43(47)42(35-44(45)48(50)51)38-22-24-39(25-23-38)46(49)55-41-28-26-40(27-29-41)53-32-18-13-10-8-6-7-9-11-17-31-52-34-30-37-20-15-14-16-21-37/h14-16,20-30,34-36H,2-13,17-19,31-33,47H2,1H3. The molecule has 0 atom stereocenters. The lowest BCUT2D eigenvalue weighted by molar-refractivity contribution is -0.385. The van der Waals surface area contributed by atoms with Gasteiger partial charge in [0.05, 0.1) is 36.6 Å². The number of ether oxygens (including phenoxy) is 4. The van der Waals surface area contributed by atoms with Crippen LogP contribution in [0.2, 0.25) is 0 Å². The van der Waals surface area contributed by atoms with Crippen molar-refractivity contribution in [3.63, 3.8) is 0 Å². The van der Waals surface area contributed by atoms with Crippen LogP contribution in [0.15, 0.2) is 97.3 Å². The highest BCUT2D eigenvalue weighted by atomic mass is 16.6. The summed E-state index contributed by atoms with van der Waals surface area (Å²) in [5.74, 6) is 0.786. The van der Waals surface area contributed by atoms with Crippen LogP contribution in [0.1, 0.15) is 119 Å². The molecule has 2 N–H and O–H groups in total. The predicted molar refractivity (Wildman–Crippen MR) is 222 cm³/mol. The fourth-order valence-corrected chi connectivity index (χ4v) is 6.19. The van der Waals surface area contributed by atoms with Gasteiger partial charge in [-0.3, -0.25) is 10.1 Å². The van der Waals surface area contributed by atoms with Crippen LogP contribution in [0.25, 0.3) is 17.2 Å². The molecule has 0 unspecified atom stereocenters. The fourth-order valence-electron chi connectivity index (χ4n) is 6.19. The average Bonchev–Trinajstić information content (AvgIpc) is 3.20. The highest BCUT2D eigenvalue weighted by Crippen LogP contribution is 2.37. The number of carbonyl (C=O) groups excluding carboxylic acids is 1. The summed E-state index contributed by atoms with van der Waals surface area (Å²) in [6, 6.07) is 26.8. The molecule has 55 heavy (non-hydrogen) atoms. The van der Waals surface area contributed by atoms with Crippen molar-refractivity contribution in [3.8, 4) is 28.4 Å². The second kappa shape index (κ2) is 24.9. The molecule has 0 aromatic heterocycles. The van der Waals surface area contributed by atoms with Crippen molar-refractivity contribution in [2.24, 2.45) is 0 Å². The van der Waals surface area contributed by atoms with Gasteiger partial charge < -0.3 is 24.7 Å². The molecule has 0 spiro atoms. The average molecular weight is 751 g/mol. The third-order valence-electron chi connectivity index (χ3n) is 9.38. The number of benzene rings is 4. The van der Waals surface area contributed by atoms with Gasteiger partial charge in [0.15, 0.2) is 5.75 Å². The maximum Gasteiger partial charge on any atom is 0.343 e. The summed E-state index contributed by atoms with van der Waals surface area (Å²) in [7, 11) is 0. The molecule has 0 bridgehead atoms. The quantitative estimate of drug-likeness (QED) is 0.0121. The zero-order chi connectivity index (χ0) is 38.9. The van der Waals surface area contributed by atoms with Crippen LogP contribution < -0.4 is 19.9 Å². The van der Waals surface area contributed by atoms with Crippen LogP contribution >= 0.6 is 0 Å². The van der Waals surface area contributed by atoms with Crippen molar-refractivity contribution in [1.29, 1.82) is 0 Å². The number of rotatable bonds is 27. The van der Waals surface area contributed by atoms with E-state index >= 15 is 0 Å². The molecule has 0 amide bonds. The van der Waals surface area contributed by atoms with Gasteiger partial charge in [0.1, 0.15) is 11.5 Å². The Morgan fingerprint density at radius 1 is 0.673 bits per heavy atom. The lowest BCUT2D eigenvalue weighted by Crippen LogP contribution is -2.08. The second-order valence-electron chi connectivity index (χ2n) is 13.8. The number of hydrogen-bond donors (Lipinski definition) is 1. The Balaban J connectivity index is 1.09. The van der Waals surface area contributed by atoms with Gasteiger partial charge in [0, 0.05) is 23.4 Å². The lowest BCUT2D eigenvalue weighted by atomic mass is 10.0. The summed E-state index contributed by atoms with van der Waals surface area (Å²) < 4.78 is 22.8. The number of esters is 1. The minimum atomic E-state index is -0.515. The molecule has 0 saturated heterocycles. The molecule has 294 valence electrons. The highest BCUT2D eigenvalue weighted by molar-refractivity contribution is 5.92. The van der Waals surface area contributed by atoms with E-state index in [2.05, 4.69) is 19.1 Å². The second-order valence-corrected chi connectivity index (χ2v) is 13.8. The van der Waals surface area contributed by atoms with Crippen LogP contribution in [0.4, 0.5) is 11.4 Å². The number of anilines is 1. The van der Waals surface area contributed by atoms with Gasteiger partial charge in [-0.25, -0.2) is 4.79 Å². The van der Waals surface area contributed by atoms with Crippen LogP contribution in [0.3, 0.4) is 0 Å². The summed E-state index contributed by atoms with van der Waals surface area (Å²) in [5.41, 5.74) is 9.15. The lowest BCUT2D eigenvalue weighted by Gasteiger charge is -2.12. The first kappa shape index (κ1) is 42.4. The topological polar surface area (TPSA) is 123 Å². The Bertz CT molecular complexity index is 1720. The fraction of sp³-hybridized carbons (Fsp3) is 0.413. The molecule has 0 heterocycles. The minimum absolute atomic E-state index is 0.144. The maximum absolute atomic E-state index is 12.9. The molecule has 0 saturated carbocycles. The van der Waals surface area contributed by atoms with E-state index in [-0.39, 0.29) is 11.4 Å². The summed E-state index contributed by atoms with van der Waals surface area (Å²) >= 11 is 0. The molecule has 0 aliphatic rings. The van der Waals surface area contributed by atoms with E-state index in [0.29, 0.717) is 41.3 Å². The molecule has 4 rings (SSSR count). The predicted octanol–water partition coefficient (Wildman–Crippen LogP) is 12.4. The number of nitrogens with two attached hydrogens (primary N) is 1. The summed E-state index contributed by atoms with van der Waals surface area (Å²) in [6.45, 7) is 3.99. The Morgan fingerprint density at radius 2 is 1.24 bits per heavy atom. The summed E-state index contributed by atoms with van der Waals surface area (Å²) in [6.07, 6.45) is 21.0. The van der Waals surface area contributed by atoms with E-state index in [1.54, 1.807) is 54.8 Å². The molecular formula is C46H58N2O7. The molecule has 0 radical (unpaired) electrons. The van der Waals surface area contributed by atoms with Crippen molar-refractivity contribution < 1.29 is 28.7 Å². The Labute approximate surface area is 327 Å². The maximum atomic E-state index is 12.9. The van der Waals surface area contributed by atoms with Gasteiger partial charge >= 0.3 is 11.7 Å². The van der Waals surface area contributed by atoms with Crippen molar-refractivity contribution in [3.05, 3.63) is 118 Å². The molecular weight excluding hydrogens is 693 g/mol. The molecule has 0 aliphatic heterocycles. The number of nitrogens with zero attached hydrogens (tertiary/aromatic N) is 1. The number of nitro benzene ring substituents is 1. The van der Waals surface area contributed by atoms with Crippen molar-refractivity contribution in [2.75, 3.05) is 25.6 Å². The molecule has 9 nitrogen and oxygen atoms in total. The Hall–Kier alpha value is -5.31. The first-order valence-corrected chi connectivity index (χ1v) is 20.0. The minimum Gasteiger partial charge on any atom is -0.501 e. The third-order valence-corrected chi connectivity index (χ3v) is 9.38. The van der Waals surface area contributed by atoms with Gasteiger partial charge in [0.25, 0.3) is 0 Å². The van der Waals surface area contributed by atoms with Crippen LogP contribution in [0.5, 0.6) is 17.2 Å². The number of unbranched alkanes of at least 4 members (excludes halogenated alkanes) is 13. The molecule has 9 heteroatoms. The zero-order valence-electron chi connectivity index (χ0n) is 32.4. The smallest absolute Gasteiger partial charge is 0.343 e. The zero-order valence-corrected chi connectivity index (χ0v) is 32.4. The van der Waals surface area contributed by atoms with Crippen LogP contribution in [-0.4, -0.2) is 30.7 Å². The molecule has 0 fully saturated rings. The third kappa shape index (κ3) is 15.9. The van der Waals surface area contributed by atoms with E-state index in [1.807, 2.05) is 24.3 Å². The van der Waals surface area contributed by atoms with E-state index < -0.39 is 10.9 Å². The van der Waals surface area contributed by atoms with Crippen molar-refractivity contribution in [1.82, 2.24) is 0 Å². The number of carbonyl (C=O) groups is 1. The van der Waals surface area contributed by atoms with E-state index in [0.717, 1.165) is 56.4 Å². The molecule has 4 aromatic carbocycles. The molecule has 0 aliphatic carbocycles. The first-order chi connectivity index (χ1) is 26.9. The first-order valence-electron chi connectivity index (χ1n) is 20.0. The normalized spacial score (nSPS) is 11.1. The highest BCUT2D eigenvalue weighted by Gasteiger charge is 2.20. The van der Waals surface area contributed by atoms with E-state index in [9.17, 15) is 14.9 Å². The van der Waals surface area contributed by atoms with Gasteiger partial charge in [-0.2, -0.15) is 0 Å². The van der Waals surface area contributed by atoms with E-state index in [1.165, 1.54) is 69.9 Å². The number of nitro groups is 1. The van der Waals surface area contributed by atoms with Gasteiger partial charge in [-0.15, -0.1) is 0 Å². The monoisotopic (exact) mass is 750 g/mol. The summed E-state index contributed by atoms with van der Waals surface area (Å²) in [5, 5.41) is 11.9. The summed E-state index contributed by atoms with van der Waals surface area (Å²) in [4.78, 5) is 24.3. The van der Waals surface area contributed by atoms with Gasteiger partial charge in [-0.05, 0) is 72.9 Å². The van der Waals surface area contributed by atoms with E-state index in [4.69, 9.17) is 24.7 Å². The Morgan fingerprint density at radius 3 is 1.85 bits per heavy atom. The van der Waals surface area contributed by atoms with Crippen LogP contribution in [0, 0.1) is 10.1 Å². The van der Waals surface area contributed by atoms with Gasteiger partial charge in [0.2, 0.25) is 0 Å². The SMILES string of the molecule is CCCCCCCCOc1cc(N)c(-c2ccc(C(=O)Oc3ccc(OCCCCCCCCCCCOC=Cc4ccccc4)cc3)cc2)cc1[N+](=O)[O-]. The van der Waals surface area contributed by atoms with Crippen molar-refractivity contribution >= 4 is 23.4 Å². The number of nitrogen functional groups attached to an aromatic ring is 1.